The minimum atomic E-state index is 0.440. The highest BCUT2D eigenvalue weighted by molar-refractivity contribution is 7.08. The normalized spacial score (nSPS) is 14.8. The second-order valence-electron chi connectivity index (χ2n) is 4.52. The van der Waals surface area contributed by atoms with Crippen LogP contribution in [0.5, 0.6) is 0 Å². The zero-order valence-corrected chi connectivity index (χ0v) is 10.3. The Bertz CT molecular complexity index is 544. The van der Waals surface area contributed by atoms with E-state index in [0.29, 0.717) is 6.42 Å². The molecular weight excluding hydrogens is 230 g/mol. The molecule has 0 bridgehead atoms. The van der Waals surface area contributed by atoms with Crippen molar-refractivity contribution in [3.05, 3.63) is 28.6 Å². The first kappa shape index (κ1) is 10.5. The Kier molecular flexibility index (Phi) is 2.69. The molecule has 0 aliphatic heterocycles. The van der Waals surface area contributed by atoms with Crippen LogP contribution in [-0.2, 0) is 13.0 Å². The number of thiophene rings is 1. The minimum Gasteiger partial charge on any atom is -0.272 e. The molecule has 1 saturated carbocycles. The molecule has 0 unspecified atom stereocenters. The lowest BCUT2D eigenvalue weighted by atomic mass is 10.1. The van der Waals surface area contributed by atoms with E-state index in [1.165, 1.54) is 12.8 Å². The first-order valence-corrected chi connectivity index (χ1v) is 6.77. The van der Waals surface area contributed by atoms with Gasteiger partial charge in [-0.2, -0.15) is 21.7 Å². The summed E-state index contributed by atoms with van der Waals surface area (Å²) in [6.07, 6.45) is 5.12. The molecule has 2 aromatic heterocycles. The van der Waals surface area contributed by atoms with Crippen molar-refractivity contribution in [3.8, 4) is 17.3 Å². The Morgan fingerprint density at radius 3 is 3.06 bits per heavy atom. The molecule has 0 saturated heterocycles. The second kappa shape index (κ2) is 4.34. The van der Waals surface area contributed by atoms with E-state index in [9.17, 15) is 0 Å². The molecule has 0 N–H and O–H groups in total. The second-order valence-corrected chi connectivity index (χ2v) is 5.30. The maximum absolute atomic E-state index is 8.86. The molecule has 0 aromatic carbocycles. The van der Waals surface area contributed by atoms with Gasteiger partial charge in [0.15, 0.2) is 0 Å². The van der Waals surface area contributed by atoms with Gasteiger partial charge in [-0.3, -0.25) is 4.68 Å². The molecule has 2 heterocycles. The van der Waals surface area contributed by atoms with Crippen LogP contribution in [0.15, 0.2) is 23.0 Å². The van der Waals surface area contributed by atoms with Gasteiger partial charge in [0, 0.05) is 29.2 Å². The summed E-state index contributed by atoms with van der Waals surface area (Å²) in [6.45, 7) is 1.00. The maximum atomic E-state index is 8.86. The standard InChI is InChI=1S/C13H13N3S/c14-5-3-11-8-16(7-10-1-2-10)15-13(11)12-4-6-17-9-12/h4,6,8-10H,1-3,7H2. The average Bonchev–Trinajstić information content (AvgIpc) is 2.82. The molecule has 1 aliphatic carbocycles. The van der Waals surface area contributed by atoms with Crippen LogP contribution >= 0.6 is 11.3 Å². The van der Waals surface area contributed by atoms with Crippen molar-refractivity contribution in [1.29, 1.82) is 5.26 Å². The van der Waals surface area contributed by atoms with E-state index in [0.717, 1.165) is 29.3 Å². The smallest absolute Gasteiger partial charge is 0.0973 e. The van der Waals surface area contributed by atoms with Crippen LogP contribution in [0.3, 0.4) is 0 Å². The van der Waals surface area contributed by atoms with Crippen molar-refractivity contribution in [2.75, 3.05) is 0 Å². The molecule has 1 fully saturated rings. The molecule has 17 heavy (non-hydrogen) atoms. The molecule has 86 valence electrons. The summed E-state index contributed by atoms with van der Waals surface area (Å²) in [5.41, 5.74) is 3.16. The summed E-state index contributed by atoms with van der Waals surface area (Å²) in [6, 6.07) is 4.28. The third-order valence-electron chi connectivity index (χ3n) is 3.04. The van der Waals surface area contributed by atoms with Gasteiger partial charge in [0.25, 0.3) is 0 Å². The van der Waals surface area contributed by atoms with Crippen LogP contribution in [0.2, 0.25) is 0 Å². The zero-order valence-electron chi connectivity index (χ0n) is 9.47. The number of nitriles is 1. The number of nitrogens with zero attached hydrogens (tertiary/aromatic N) is 3. The van der Waals surface area contributed by atoms with E-state index >= 15 is 0 Å². The largest absolute Gasteiger partial charge is 0.272 e. The summed E-state index contributed by atoms with van der Waals surface area (Å²) in [7, 11) is 0. The highest BCUT2D eigenvalue weighted by Gasteiger charge is 2.23. The van der Waals surface area contributed by atoms with Crippen LogP contribution < -0.4 is 0 Å². The van der Waals surface area contributed by atoms with Crippen LogP contribution in [0.1, 0.15) is 18.4 Å². The summed E-state index contributed by atoms with van der Waals surface area (Å²) >= 11 is 1.66. The Morgan fingerprint density at radius 1 is 1.53 bits per heavy atom. The Morgan fingerprint density at radius 2 is 2.41 bits per heavy atom. The molecule has 0 atom stereocenters. The van der Waals surface area contributed by atoms with Crippen molar-refractivity contribution in [2.24, 2.45) is 5.92 Å². The van der Waals surface area contributed by atoms with E-state index in [2.05, 4.69) is 22.6 Å². The van der Waals surface area contributed by atoms with Crippen molar-refractivity contribution in [1.82, 2.24) is 9.78 Å². The SMILES string of the molecule is N#CCc1cn(CC2CC2)nc1-c1ccsc1. The molecular formula is C13H13N3S. The fourth-order valence-electron chi connectivity index (χ4n) is 1.98. The molecule has 2 aromatic rings. The summed E-state index contributed by atoms with van der Waals surface area (Å²) in [5, 5.41) is 17.6. The summed E-state index contributed by atoms with van der Waals surface area (Å²) in [4.78, 5) is 0. The van der Waals surface area contributed by atoms with Gasteiger partial charge >= 0.3 is 0 Å². The van der Waals surface area contributed by atoms with Crippen LogP contribution in [0, 0.1) is 17.2 Å². The van der Waals surface area contributed by atoms with Gasteiger partial charge in [0.05, 0.1) is 18.2 Å². The lowest BCUT2D eigenvalue weighted by molar-refractivity contribution is 0.564. The fourth-order valence-corrected chi connectivity index (χ4v) is 2.62. The Labute approximate surface area is 104 Å². The number of hydrogen-bond acceptors (Lipinski definition) is 3. The molecule has 1 aliphatic rings. The van der Waals surface area contributed by atoms with Crippen molar-refractivity contribution in [2.45, 2.75) is 25.8 Å². The first-order chi connectivity index (χ1) is 8.36. The molecule has 3 nitrogen and oxygen atoms in total. The fraction of sp³-hybridized carbons (Fsp3) is 0.385. The van der Waals surface area contributed by atoms with Gasteiger partial charge in [-0.05, 0) is 30.2 Å². The monoisotopic (exact) mass is 243 g/mol. The molecule has 0 amide bonds. The van der Waals surface area contributed by atoms with E-state index < -0.39 is 0 Å². The highest BCUT2D eigenvalue weighted by atomic mass is 32.1. The zero-order chi connectivity index (χ0) is 11.7. The topological polar surface area (TPSA) is 41.6 Å². The van der Waals surface area contributed by atoms with Gasteiger partial charge in [-0.25, -0.2) is 0 Å². The number of aromatic nitrogens is 2. The van der Waals surface area contributed by atoms with Gasteiger partial charge in [0.1, 0.15) is 0 Å². The third-order valence-corrected chi connectivity index (χ3v) is 3.73. The molecule has 0 radical (unpaired) electrons. The highest BCUT2D eigenvalue weighted by Crippen LogP contribution is 2.31. The quantitative estimate of drug-likeness (QED) is 0.828. The van der Waals surface area contributed by atoms with E-state index in [4.69, 9.17) is 5.26 Å². The molecule has 4 heteroatoms. The van der Waals surface area contributed by atoms with Crippen LogP contribution in [0.4, 0.5) is 0 Å². The van der Waals surface area contributed by atoms with Crippen LogP contribution in [0.25, 0.3) is 11.3 Å². The van der Waals surface area contributed by atoms with Crippen molar-refractivity contribution < 1.29 is 0 Å². The van der Waals surface area contributed by atoms with Crippen LogP contribution in [-0.4, -0.2) is 9.78 Å². The first-order valence-electron chi connectivity index (χ1n) is 5.82. The van der Waals surface area contributed by atoms with Gasteiger partial charge in [0.2, 0.25) is 0 Å². The lowest BCUT2D eigenvalue weighted by Crippen LogP contribution is -1.99. The number of hydrogen-bond donors (Lipinski definition) is 0. The van der Waals surface area contributed by atoms with Crippen molar-refractivity contribution >= 4 is 11.3 Å². The predicted molar refractivity (Wildman–Crippen MR) is 67.6 cm³/mol. The minimum absolute atomic E-state index is 0.440. The summed E-state index contributed by atoms with van der Waals surface area (Å²) < 4.78 is 2.01. The third kappa shape index (κ3) is 2.25. The lowest BCUT2D eigenvalue weighted by Gasteiger charge is -1.96. The molecule has 0 spiro atoms. The predicted octanol–water partition coefficient (Wildman–Crippen LogP) is 3.09. The van der Waals surface area contributed by atoms with E-state index in [1.807, 2.05) is 16.3 Å². The number of rotatable bonds is 4. The molecule has 3 rings (SSSR count). The van der Waals surface area contributed by atoms with Crippen molar-refractivity contribution in [3.63, 3.8) is 0 Å². The Balaban J connectivity index is 1.93. The summed E-state index contributed by atoms with van der Waals surface area (Å²) in [5.74, 6) is 0.806. The maximum Gasteiger partial charge on any atom is 0.0973 e. The van der Waals surface area contributed by atoms with Gasteiger partial charge in [-0.1, -0.05) is 0 Å². The van der Waals surface area contributed by atoms with Gasteiger partial charge in [-0.15, -0.1) is 0 Å². The van der Waals surface area contributed by atoms with Gasteiger partial charge < -0.3 is 0 Å². The average molecular weight is 243 g/mol. The van der Waals surface area contributed by atoms with E-state index in [1.54, 1.807) is 11.3 Å². The Hall–Kier alpha value is -1.60. The van der Waals surface area contributed by atoms with E-state index in [-0.39, 0.29) is 0 Å².